The van der Waals surface area contributed by atoms with Crippen molar-refractivity contribution in [2.24, 2.45) is 11.8 Å². The van der Waals surface area contributed by atoms with E-state index < -0.39 is 17.8 Å². The molecule has 1 aliphatic carbocycles. The number of unbranched alkanes of at least 4 members (excludes halogenated alkanes) is 3. The first-order chi connectivity index (χ1) is 9.56. The third-order valence-corrected chi connectivity index (χ3v) is 4.17. The van der Waals surface area contributed by atoms with Crippen LogP contribution < -0.4 is 0 Å². The van der Waals surface area contributed by atoms with Crippen molar-refractivity contribution in [3.8, 4) is 0 Å². The van der Waals surface area contributed by atoms with E-state index in [1.54, 1.807) is 0 Å². The van der Waals surface area contributed by atoms with E-state index in [1.165, 1.54) is 19.3 Å². The predicted octanol–water partition coefficient (Wildman–Crippen LogP) is 3.78. The van der Waals surface area contributed by atoms with Crippen LogP contribution in [0.1, 0.15) is 71.6 Å². The van der Waals surface area contributed by atoms with Crippen molar-refractivity contribution in [3.05, 3.63) is 0 Å². The molecule has 1 fully saturated rings. The van der Waals surface area contributed by atoms with E-state index in [4.69, 9.17) is 4.74 Å². The van der Waals surface area contributed by atoms with Crippen molar-refractivity contribution in [1.82, 2.24) is 0 Å². The first-order valence-electron chi connectivity index (χ1n) is 7.99. The van der Waals surface area contributed by atoms with Gasteiger partial charge in [0.2, 0.25) is 0 Å². The molecule has 0 aromatic heterocycles. The lowest BCUT2D eigenvalue weighted by atomic mass is 9.79. The molecule has 3 atom stereocenters. The van der Waals surface area contributed by atoms with Gasteiger partial charge in [0, 0.05) is 0 Å². The summed E-state index contributed by atoms with van der Waals surface area (Å²) in [7, 11) is 0. The van der Waals surface area contributed by atoms with Crippen LogP contribution in [-0.4, -0.2) is 23.1 Å². The molecule has 0 aromatic carbocycles. The molecule has 1 N–H and O–H groups in total. The minimum Gasteiger partial charge on any atom is -0.481 e. The summed E-state index contributed by atoms with van der Waals surface area (Å²) in [6, 6.07) is 0. The number of hydrogen-bond acceptors (Lipinski definition) is 3. The second-order valence-corrected chi connectivity index (χ2v) is 5.93. The molecule has 3 unspecified atom stereocenters. The van der Waals surface area contributed by atoms with Crippen LogP contribution in [0.25, 0.3) is 0 Å². The van der Waals surface area contributed by atoms with E-state index in [-0.39, 0.29) is 12.1 Å². The lowest BCUT2D eigenvalue weighted by molar-refractivity contribution is -0.163. The Morgan fingerprint density at radius 3 is 2.40 bits per heavy atom. The molecule has 20 heavy (non-hydrogen) atoms. The maximum Gasteiger partial charge on any atom is 0.310 e. The molecule has 116 valence electrons. The normalized spacial score (nSPS) is 24.1. The Hall–Kier alpha value is -1.06. The Bertz CT molecular complexity index is 314. The quantitative estimate of drug-likeness (QED) is 0.544. The molecule has 0 bridgehead atoms. The summed E-state index contributed by atoms with van der Waals surface area (Å²) < 4.78 is 5.45. The lowest BCUT2D eigenvalue weighted by Gasteiger charge is -2.28. The highest BCUT2D eigenvalue weighted by atomic mass is 16.5. The smallest absolute Gasteiger partial charge is 0.310 e. The molecule has 0 amide bonds. The summed E-state index contributed by atoms with van der Waals surface area (Å²) in [4.78, 5) is 23.3. The summed E-state index contributed by atoms with van der Waals surface area (Å²) >= 11 is 0. The van der Waals surface area contributed by atoms with Gasteiger partial charge in [-0.25, -0.2) is 0 Å². The zero-order chi connectivity index (χ0) is 15.0. The van der Waals surface area contributed by atoms with Gasteiger partial charge in [-0.1, -0.05) is 39.0 Å². The molecule has 0 heterocycles. The minimum atomic E-state index is -0.859. The Morgan fingerprint density at radius 2 is 1.80 bits per heavy atom. The van der Waals surface area contributed by atoms with E-state index in [0.29, 0.717) is 12.8 Å². The fourth-order valence-corrected chi connectivity index (χ4v) is 2.91. The second-order valence-electron chi connectivity index (χ2n) is 5.93. The number of carbonyl (C=O) groups is 2. The lowest BCUT2D eigenvalue weighted by Crippen LogP contribution is -2.35. The van der Waals surface area contributed by atoms with Gasteiger partial charge in [0.1, 0.15) is 0 Å². The van der Waals surface area contributed by atoms with Crippen molar-refractivity contribution in [2.75, 3.05) is 0 Å². The highest BCUT2D eigenvalue weighted by molar-refractivity contribution is 5.81. The van der Waals surface area contributed by atoms with Gasteiger partial charge in [0.15, 0.2) is 0 Å². The Balaban J connectivity index is 2.37. The van der Waals surface area contributed by atoms with Crippen LogP contribution in [0, 0.1) is 11.8 Å². The third kappa shape index (κ3) is 5.51. The van der Waals surface area contributed by atoms with Gasteiger partial charge in [0.05, 0.1) is 17.9 Å². The monoisotopic (exact) mass is 284 g/mol. The molecular formula is C16H28O4. The Labute approximate surface area is 121 Å². The number of hydrogen-bond donors (Lipinski definition) is 1. The van der Waals surface area contributed by atoms with Gasteiger partial charge < -0.3 is 9.84 Å². The van der Waals surface area contributed by atoms with Crippen LogP contribution in [0.5, 0.6) is 0 Å². The molecule has 1 aliphatic rings. The number of aliphatic carboxylic acids is 1. The molecular weight excluding hydrogens is 256 g/mol. The van der Waals surface area contributed by atoms with Crippen LogP contribution >= 0.6 is 0 Å². The Kier molecular flexibility index (Phi) is 7.63. The topological polar surface area (TPSA) is 63.6 Å². The average molecular weight is 284 g/mol. The zero-order valence-electron chi connectivity index (χ0n) is 12.8. The summed E-state index contributed by atoms with van der Waals surface area (Å²) in [5, 5.41) is 9.18. The van der Waals surface area contributed by atoms with E-state index in [9.17, 15) is 14.7 Å². The molecule has 0 aliphatic heterocycles. The third-order valence-electron chi connectivity index (χ3n) is 4.17. The van der Waals surface area contributed by atoms with Gasteiger partial charge in [-0.3, -0.25) is 9.59 Å². The van der Waals surface area contributed by atoms with E-state index in [1.807, 2.05) is 6.92 Å². The standard InChI is InChI=1S/C16H28O4/c1-3-4-5-6-9-12(2)20-16(19)14-11-8-7-10-13(14)15(17)18/h12-14H,3-11H2,1-2H3,(H,17,18). The summed E-state index contributed by atoms with van der Waals surface area (Å²) in [5.41, 5.74) is 0. The van der Waals surface area contributed by atoms with Gasteiger partial charge >= 0.3 is 11.9 Å². The van der Waals surface area contributed by atoms with E-state index >= 15 is 0 Å². The minimum absolute atomic E-state index is 0.101. The molecule has 4 nitrogen and oxygen atoms in total. The maximum atomic E-state index is 12.1. The van der Waals surface area contributed by atoms with E-state index in [0.717, 1.165) is 25.7 Å². The summed E-state index contributed by atoms with van der Waals surface area (Å²) in [5.74, 6) is -2.16. The second kappa shape index (κ2) is 8.98. The van der Waals surface area contributed by atoms with Gasteiger partial charge in [-0.05, 0) is 32.6 Å². The van der Waals surface area contributed by atoms with Gasteiger partial charge in [-0.15, -0.1) is 0 Å². The number of carboxylic acids is 1. The zero-order valence-corrected chi connectivity index (χ0v) is 12.8. The first-order valence-corrected chi connectivity index (χ1v) is 7.99. The molecule has 0 saturated heterocycles. The van der Waals surface area contributed by atoms with Crippen LogP contribution in [0.3, 0.4) is 0 Å². The SMILES string of the molecule is CCCCCCC(C)OC(=O)C1CCCCC1C(=O)O. The number of carboxylic acid groups (broad SMARTS) is 1. The number of esters is 1. The highest BCUT2D eigenvalue weighted by Gasteiger charge is 2.37. The van der Waals surface area contributed by atoms with Crippen LogP contribution in [0.4, 0.5) is 0 Å². The average Bonchev–Trinajstić information content (AvgIpc) is 2.43. The van der Waals surface area contributed by atoms with Gasteiger partial charge in [0.25, 0.3) is 0 Å². The summed E-state index contributed by atoms with van der Waals surface area (Å²) in [6.45, 7) is 4.07. The molecule has 0 spiro atoms. The van der Waals surface area contributed by atoms with Crippen molar-refractivity contribution in [3.63, 3.8) is 0 Å². The number of carbonyl (C=O) groups excluding carboxylic acids is 1. The molecule has 0 radical (unpaired) electrons. The predicted molar refractivity (Wildman–Crippen MR) is 77.4 cm³/mol. The van der Waals surface area contributed by atoms with Crippen LogP contribution in [0.2, 0.25) is 0 Å². The Morgan fingerprint density at radius 1 is 1.15 bits per heavy atom. The van der Waals surface area contributed by atoms with Crippen LogP contribution in [0.15, 0.2) is 0 Å². The molecule has 4 heteroatoms. The molecule has 0 aromatic rings. The van der Waals surface area contributed by atoms with Crippen LogP contribution in [-0.2, 0) is 14.3 Å². The largest absolute Gasteiger partial charge is 0.481 e. The molecule has 1 rings (SSSR count). The number of rotatable bonds is 8. The van der Waals surface area contributed by atoms with Crippen molar-refractivity contribution in [1.29, 1.82) is 0 Å². The van der Waals surface area contributed by atoms with Gasteiger partial charge in [-0.2, -0.15) is 0 Å². The fourth-order valence-electron chi connectivity index (χ4n) is 2.91. The summed E-state index contributed by atoms with van der Waals surface area (Å²) in [6.07, 6.45) is 8.47. The maximum absolute atomic E-state index is 12.1. The number of ether oxygens (including phenoxy) is 1. The van der Waals surface area contributed by atoms with Crippen molar-refractivity contribution >= 4 is 11.9 Å². The molecule has 1 saturated carbocycles. The first kappa shape index (κ1) is 17.0. The van der Waals surface area contributed by atoms with Crippen molar-refractivity contribution < 1.29 is 19.4 Å². The van der Waals surface area contributed by atoms with E-state index in [2.05, 4.69) is 6.92 Å². The van der Waals surface area contributed by atoms with Crippen molar-refractivity contribution in [2.45, 2.75) is 77.7 Å². The fraction of sp³-hybridized carbons (Fsp3) is 0.875. The highest BCUT2D eigenvalue weighted by Crippen LogP contribution is 2.31.